The summed E-state index contributed by atoms with van der Waals surface area (Å²) in [7, 11) is 3.44. The first-order valence-corrected chi connectivity index (χ1v) is 6.01. The van der Waals surface area contributed by atoms with Gasteiger partial charge in [-0.05, 0) is 36.6 Å². The minimum Gasteiger partial charge on any atom is -0.341 e. The van der Waals surface area contributed by atoms with Gasteiger partial charge in [0, 0.05) is 25.1 Å². The Hall–Kier alpha value is -1.03. The smallest absolute Gasteiger partial charge is 0.316 e. The molecule has 1 aromatic rings. The first-order valence-electron chi connectivity index (χ1n) is 5.22. The fraction of sp³-hybridized carbons (Fsp3) is 0.417. The van der Waals surface area contributed by atoms with Crippen molar-refractivity contribution in [1.29, 1.82) is 0 Å². The van der Waals surface area contributed by atoms with Crippen LogP contribution >= 0.6 is 15.9 Å². The van der Waals surface area contributed by atoms with Crippen molar-refractivity contribution in [2.75, 3.05) is 20.6 Å². The molecule has 1 N–H and O–H groups in total. The molecule has 0 bridgehead atoms. The highest BCUT2D eigenvalue weighted by atomic mass is 79.9. The van der Waals surface area contributed by atoms with E-state index in [1.54, 1.807) is 19.0 Å². The fourth-order valence-electron chi connectivity index (χ4n) is 1.49. The molecule has 0 heterocycles. The molecule has 3 nitrogen and oxygen atoms in total. The van der Waals surface area contributed by atoms with Crippen molar-refractivity contribution in [2.45, 2.75) is 13.3 Å². The van der Waals surface area contributed by atoms with Gasteiger partial charge < -0.3 is 10.2 Å². The molecule has 0 fully saturated rings. The number of urea groups is 1. The van der Waals surface area contributed by atoms with Crippen LogP contribution in [0.2, 0.25) is 0 Å². The second kappa shape index (κ2) is 5.89. The van der Waals surface area contributed by atoms with Crippen LogP contribution in [0.4, 0.5) is 4.79 Å². The van der Waals surface area contributed by atoms with Crippen LogP contribution in [0.5, 0.6) is 0 Å². The third-order valence-electron chi connectivity index (χ3n) is 2.59. The van der Waals surface area contributed by atoms with Crippen LogP contribution in [0.3, 0.4) is 0 Å². The Labute approximate surface area is 105 Å². The zero-order valence-electron chi connectivity index (χ0n) is 9.88. The van der Waals surface area contributed by atoms with Crippen LogP contribution in [0.15, 0.2) is 22.7 Å². The topological polar surface area (TPSA) is 32.3 Å². The number of nitrogens with one attached hydrogen (secondary N) is 1. The van der Waals surface area contributed by atoms with E-state index >= 15 is 0 Å². The molecule has 2 amide bonds. The summed E-state index contributed by atoms with van der Waals surface area (Å²) in [5.41, 5.74) is 2.53. The average molecular weight is 285 g/mol. The quantitative estimate of drug-likeness (QED) is 0.909. The number of amides is 2. The van der Waals surface area contributed by atoms with Crippen LogP contribution in [0.1, 0.15) is 11.1 Å². The highest BCUT2D eigenvalue weighted by Crippen LogP contribution is 2.16. The van der Waals surface area contributed by atoms with Gasteiger partial charge >= 0.3 is 6.03 Å². The second-order valence-corrected chi connectivity index (χ2v) is 4.71. The maximum atomic E-state index is 11.3. The summed E-state index contributed by atoms with van der Waals surface area (Å²) < 4.78 is 1.08. The minimum atomic E-state index is -0.0485. The molecule has 0 unspecified atom stereocenters. The predicted octanol–water partition coefficient (Wildman–Crippen LogP) is 2.57. The maximum absolute atomic E-state index is 11.3. The Morgan fingerprint density at radius 3 is 2.81 bits per heavy atom. The lowest BCUT2D eigenvalue weighted by Gasteiger charge is -2.17. The zero-order valence-corrected chi connectivity index (χ0v) is 11.5. The standard InChI is InChI=1S/C12H17BrN2O/c1-9-4-5-11(13)8-10(9)6-7-15(3)12(16)14-2/h4-5,8H,6-7H2,1-3H3,(H,14,16). The summed E-state index contributed by atoms with van der Waals surface area (Å²) in [6, 6.07) is 6.17. The molecule has 0 spiro atoms. The third kappa shape index (κ3) is 3.52. The van der Waals surface area contributed by atoms with Gasteiger partial charge in [0.15, 0.2) is 0 Å². The van der Waals surface area contributed by atoms with Crippen LogP contribution in [-0.4, -0.2) is 31.6 Å². The van der Waals surface area contributed by atoms with Gasteiger partial charge in [0.25, 0.3) is 0 Å². The zero-order chi connectivity index (χ0) is 12.1. The number of likely N-dealkylation sites (N-methyl/N-ethyl adjacent to an activating group) is 1. The highest BCUT2D eigenvalue weighted by Gasteiger charge is 2.06. The molecule has 0 saturated carbocycles. The molecule has 1 aromatic carbocycles. The number of benzene rings is 1. The average Bonchev–Trinajstić information content (AvgIpc) is 2.28. The monoisotopic (exact) mass is 284 g/mol. The Bertz CT molecular complexity index is 379. The summed E-state index contributed by atoms with van der Waals surface area (Å²) in [6.07, 6.45) is 0.870. The van der Waals surface area contributed by atoms with E-state index in [1.807, 2.05) is 6.07 Å². The van der Waals surface area contributed by atoms with Crippen molar-refractivity contribution in [3.8, 4) is 0 Å². The van der Waals surface area contributed by atoms with Crippen molar-refractivity contribution < 1.29 is 4.79 Å². The largest absolute Gasteiger partial charge is 0.341 e. The molecule has 0 aliphatic rings. The summed E-state index contributed by atoms with van der Waals surface area (Å²) in [5.74, 6) is 0. The highest BCUT2D eigenvalue weighted by molar-refractivity contribution is 9.10. The molecular formula is C12H17BrN2O. The SMILES string of the molecule is CNC(=O)N(C)CCc1cc(Br)ccc1C. The van der Waals surface area contributed by atoms with E-state index in [2.05, 4.69) is 40.3 Å². The van der Waals surface area contributed by atoms with Crippen LogP contribution < -0.4 is 5.32 Å². The molecule has 0 aliphatic heterocycles. The van der Waals surface area contributed by atoms with Gasteiger partial charge in [0.1, 0.15) is 0 Å². The first-order chi connectivity index (χ1) is 7.54. The summed E-state index contributed by atoms with van der Waals surface area (Å²) in [4.78, 5) is 13.0. The van der Waals surface area contributed by atoms with Gasteiger partial charge in [0.2, 0.25) is 0 Å². The molecule has 0 aromatic heterocycles. The summed E-state index contributed by atoms with van der Waals surface area (Å²) in [5, 5.41) is 2.60. The number of carbonyl (C=O) groups is 1. The summed E-state index contributed by atoms with van der Waals surface area (Å²) >= 11 is 3.45. The van der Waals surface area contributed by atoms with Crippen molar-refractivity contribution in [1.82, 2.24) is 10.2 Å². The Balaban J connectivity index is 2.60. The van der Waals surface area contributed by atoms with E-state index in [9.17, 15) is 4.79 Å². The molecule has 0 saturated heterocycles. The number of aryl methyl sites for hydroxylation is 1. The van der Waals surface area contributed by atoms with E-state index in [0.717, 1.165) is 17.4 Å². The lowest BCUT2D eigenvalue weighted by Crippen LogP contribution is -2.36. The van der Waals surface area contributed by atoms with Gasteiger partial charge in [-0.1, -0.05) is 22.0 Å². The van der Waals surface area contributed by atoms with E-state index in [-0.39, 0.29) is 6.03 Å². The van der Waals surface area contributed by atoms with Gasteiger partial charge in [0.05, 0.1) is 0 Å². The number of nitrogens with zero attached hydrogens (tertiary/aromatic N) is 1. The molecule has 0 aliphatic carbocycles. The van der Waals surface area contributed by atoms with Gasteiger partial charge in [-0.3, -0.25) is 0 Å². The molecule has 0 radical (unpaired) electrons. The Morgan fingerprint density at radius 2 is 2.19 bits per heavy atom. The van der Waals surface area contributed by atoms with Gasteiger partial charge in [-0.25, -0.2) is 4.79 Å². The molecular weight excluding hydrogens is 268 g/mol. The van der Waals surface area contributed by atoms with Crippen LogP contribution in [0, 0.1) is 6.92 Å². The molecule has 16 heavy (non-hydrogen) atoms. The first kappa shape index (κ1) is 13.0. The number of hydrogen-bond acceptors (Lipinski definition) is 1. The second-order valence-electron chi connectivity index (χ2n) is 3.80. The van der Waals surface area contributed by atoms with E-state index in [0.29, 0.717) is 0 Å². The van der Waals surface area contributed by atoms with Crippen molar-refractivity contribution in [3.05, 3.63) is 33.8 Å². The Kier molecular flexibility index (Phi) is 4.80. The third-order valence-corrected chi connectivity index (χ3v) is 3.08. The van der Waals surface area contributed by atoms with Crippen molar-refractivity contribution in [2.24, 2.45) is 0 Å². The lowest BCUT2D eigenvalue weighted by molar-refractivity contribution is 0.211. The normalized spacial score (nSPS) is 10.0. The van der Waals surface area contributed by atoms with Gasteiger partial charge in [-0.2, -0.15) is 0 Å². The predicted molar refractivity (Wildman–Crippen MR) is 69.7 cm³/mol. The van der Waals surface area contributed by atoms with E-state index < -0.39 is 0 Å². The number of hydrogen-bond donors (Lipinski definition) is 1. The fourth-order valence-corrected chi connectivity index (χ4v) is 1.90. The van der Waals surface area contributed by atoms with E-state index in [4.69, 9.17) is 0 Å². The van der Waals surface area contributed by atoms with Gasteiger partial charge in [-0.15, -0.1) is 0 Å². The summed E-state index contributed by atoms with van der Waals surface area (Å²) in [6.45, 7) is 2.80. The molecule has 0 atom stereocenters. The molecule has 88 valence electrons. The number of carbonyl (C=O) groups excluding carboxylic acids is 1. The molecule has 1 rings (SSSR count). The maximum Gasteiger partial charge on any atom is 0.316 e. The minimum absolute atomic E-state index is 0.0485. The Morgan fingerprint density at radius 1 is 1.50 bits per heavy atom. The van der Waals surface area contributed by atoms with Crippen LogP contribution in [-0.2, 0) is 6.42 Å². The molecule has 4 heteroatoms. The van der Waals surface area contributed by atoms with Crippen molar-refractivity contribution >= 4 is 22.0 Å². The lowest BCUT2D eigenvalue weighted by atomic mass is 10.1. The van der Waals surface area contributed by atoms with Crippen LogP contribution in [0.25, 0.3) is 0 Å². The van der Waals surface area contributed by atoms with E-state index in [1.165, 1.54) is 11.1 Å². The van der Waals surface area contributed by atoms with Crippen molar-refractivity contribution in [3.63, 3.8) is 0 Å². The number of rotatable bonds is 3. The number of halogens is 1.